The van der Waals surface area contributed by atoms with Gasteiger partial charge >= 0.3 is 6.03 Å². The Balaban J connectivity index is 1.81. The summed E-state index contributed by atoms with van der Waals surface area (Å²) in [5.74, 6) is 1.39. The zero-order valence-electron chi connectivity index (χ0n) is 13.8. The minimum absolute atomic E-state index is 0.344. The van der Waals surface area contributed by atoms with Gasteiger partial charge in [-0.05, 0) is 36.2 Å². The SMILES string of the molecule is CCc1ccccc1OCCNC(=O)Nc1cc(Cl)ccc1OC. The predicted molar refractivity (Wildman–Crippen MR) is 96.3 cm³/mol. The predicted octanol–water partition coefficient (Wildman–Crippen LogP) is 4.11. The van der Waals surface area contributed by atoms with Crippen LogP contribution in [0.4, 0.5) is 10.5 Å². The van der Waals surface area contributed by atoms with Crippen molar-refractivity contribution in [1.82, 2.24) is 5.32 Å². The van der Waals surface area contributed by atoms with Crippen molar-refractivity contribution >= 4 is 23.3 Å². The molecule has 6 heteroatoms. The summed E-state index contributed by atoms with van der Waals surface area (Å²) < 4.78 is 10.9. The molecule has 0 aliphatic carbocycles. The van der Waals surface area contributed by atoms with E-state index in [1.807, 2.05) is 24.3 Å². The molecule has 2 N–H and O–H groups in total. The second-order valence-electron chi connectivity index (χ2n) is 5.04. The number of aryl methyl sites for hydroxylation is 1. The fourth-order valence-electron chi connectivity index (χ4n) is 2.21. The number of halogens is 1. The van der Waals surface area contributed by atoms with Crippen LogP contribution in [0.25, 0.3) is 0 Å². The molecule has 0 unspecified atom stereocenters. The van der Waals surface area contributed by atoms with Crippen LogP contribution in [-0.4, -0.2) is 26.3 Å². The van der Waals surface area contributed by atoms with Gasteiger partial charge in [0.15, 0.2) is 0 Å². The molecular formula is C18H21ClN2O3. The number of methoxy groups -OCH3 is 1. The van der Waals surface area contributed by atoms with Crippen LogP contribution in [0.3, 0.4) is 0 Å². The number of hydrogen-bond donors (Lipinski definition) is 2. The zero-order chi connectivity index (χ0) is 17.4. The Kier molecular flexibility index (Phi) is 6.75. The van der Waals surface area contributed by atoms with E-state index < -0.39 is 0 Å². The number of carbonyl (C=O) groups is 1. The van der Waals surface area contributed by atoms with Gasteiger partial charge in [-0.1, -0.05) is 36.7 Å². The van der Waals surface area contributed by atoms with Crippen LogP contribution < -0.4 is 20.1 Å². The van der Waals surface area contributed by atoms with Crippen molar-refractivity contribution < 1.29 is 14.3 Å². The summed E-state index contributed by atoms with van der Waals surface area (Å²) in [6, 6.07) is 12.5. The molecule has 0 spiro atoms. The van der Waals surface area contributed by atoms with Gasteiger partial charge in [-0.25, -0.2) is 4.79 Å². The van der Waals surface area contributed by atoms with E-state index in [4.69, 9.17) is 21.1 Å². The van der Waals surface area contributed by atoms with Gasteiger partial charge in [-0.2, -0.15) is 0 Å². The Morgan fingerprint density at radius 3 is 2.71 bits per heavy atom. The summed E-state index contributed by atoms with van der Waals surface area (Å²) in [5, 5.41) is 5.96. The van der Waals surface area contributed by atoms with Crippen LogP contribution in [0.2, 0.25) is 5.02 Å². The molecule has 0 aliphatic heterocycles. The number of para-hydroxylation sites is 1. The van der Waals surface area contributed by atoms with E-state index >= 15 is 0 Å². The van der Waals surface area contributed by atoms with Crippen LogP contribution in [0.15, 0.2) is 42.5 Å². The van der Waals surface area contributed by atoms with E-state index in [2.05, 4.69) is 17.6 Å². The molecule has 2 rings (SSSR count). The third-order valence-corrected chi connectivity index (χ3v) is 3.64. The summed E-state index contributed by atoms with van der Waals surface area (Å²) in [7, 11) is 1.53. The van der Waals surface area contributed by atoms with Crippen molar-refractivity contribution in [2.24, 2.45) is 0 Å². The van der Waals surface area contributed by atoms with Crippen molar-refractivity contribution in [3.05, 3.63) is 53.1 Å². The lowest BCUT2D eigenvalue weighted by atomic mass is 10.1. The number of carbonyl (C=O) groups excluding carboxylic acids is 1. The zero-order valence-corrected chi connectivity index (χ0v) is 14.5. The highest BCUT2D eigenvalue weighted by Crippen LogP contribution is 2.27. The topological polar surface area (TPSA) is 59.6 Å². The Morgan fingerprint density at radius 1 is 1.17 bits per heavy atom. The molecule has 0 atom stereocenters. The Hall–Kier alpha value is -2.40. The molecule has 0 aromatic heterocycles. The second kappa shape index (κ2) is 9.03. The maximum absolute atomic E-state index is 11.9. The van der Waals surface area contributed by atoms with E-state index in [1.165, 1.54) is 7.11 Å². The molecule has 0 radical (unpaired) electrons. The average molecular weight is 349 g/mol. The van der Waals surface area contributed by atoms with Crippen molar-refractivity contribution in [3.8, 4) is 11.5 Å². The molecule has 0 heterocycles. The molecule has 0 fully saturated rings. The molecule has 24 heavy (non-hydrogen) atoms. The van der Waals surface area contributed by atoms with Crippen molar-refractivity contribution in [2.75, 3.05) is 25.6 Å². The molecule has 2 amide bonds. The molecular weight excluding hydrogens is 328 g/mol. The third kappa shape index (κ3) is 5.06. The number of nitrogens with one attached hydrogen (secondary N) is 2. The van der Waals surface area contributed by atoms with Crippen LogP contribution in [-0.2, 0) is 6.42 Å². The minimum atomic E-state index is -0.344. The minimum Gasteiger partial charge on any atom is -0.495 e. The van der Waals surface area contributed by atoms with Crippen molar-refractivity contribution in [1.29, 1.82) is 0 Å². The molecule has 0 aliphatic rings. The number of anilines is 1. The standard InChI is InChI=1S/C18H21ClN2O3/c1-3-13-6-4-5-7-16(13)24-11-10-20-18(22)21-15-12-14(19)8-9-17(15)23-2/h4-9,12H,3,10-11H2,1-2H3,(H2,20,21,22). The fourth-order valence-corrected chi connectivity index (χ4v) is 2.38. The lowest BCUT2D eigenvalue weighted by Crippen LogP contribution is -2.32. The highest BCUT2D eigenvalue weighted by molar-refractivity contribution is 6.31. The second-order valence-corrected chi connectivity index (χ2v) is 5.47. The van der Waals surface area contributed by atoms with Gasteiger partial charge in [0.25, 0.3) is 0 Å². The van der Waals surface area contributed by atoms with Crippen LogP contribution >= 0.6 is 11.6 Å². The molecule has 128 valence electrons. The molecule has 0 bridgehead atoms. The number of benzene rings is 2. The summed E-state index contributed by atoms with van der Waals surface area (Å²) in [5.41, 5.74) is 1.66. The number of urea groups is 1. The van der Waals surface area contributed by atoms with Gasteiger partial charge in [-0.3, -0.25) is 0 Å². The van der Waals surface area contributed by atoms with Gasteiger partial charge in [0.05, 0.1) is 19.3 Å². The Bertz CT molecular complexity index is 692. The normalized spacial score (nSPS) is 10.1. The first kappa shape index (κ1) is 17.9. The van der Waals surface area contributed by atoms with E-state index in [-0.39, 0.29) is 6.03 Å². The summed E-state index contributed by atoms with van der Waals surface area (Å²) >= 11 is 5.93. The van der Waals surface area contributed by atoms with Gasteiger partial charge < -0.3 is 20.1 Å². The van der Waals surface area contributed by atoms with Crippen molar-refractivity contribution in [2.45, 2.75) is 13.3 Å². The number of rotatable bonds is 7. The average Bonchev–Trinajstić information content (AvgIpc) is 2.59. The van der Waals surface area contributed by atoms with Gasteiger partial charge in [0.2, 0.25) is 0 Å². The first-order valence-electron chi connectivity index (χ1n) is 7.73. The quantitative estimate of drug-likeness (QED) is 0.740. The molecule has 5 nitrogen and oxygen atoms in total. The monoisotopic (exact) mass is 348 g/mol. The third-order valence-electron chi connectivity index (χ3n) is 3.41. The molecule has 2 aromatic carbocycles. The van der Waals surface area contributed by atoms with Crippen molar-refractivity contribution in [3.63, 3.8) is 0 Å². The number of hydrogen-bond acceptors (Lipinski definition) is 3. The number of amides is 2. The van der Waals surface area contributed by atoms with Gasteiger partial charge in [0, 0.05) is 5.02 Å². The maximum atomic E-state index is 11.9. The summed E-state index contributed by atoms with van der Waals surface area (Å²) in [4.78, 5) is 11.9. The Labute approximate surface area is 146 Å². The van der Waals surface area contributed by atoms with E-state index in [1.54, 1.807) is 18.2 Å². The van der Waals surface area contributed by atoms with E-state index in [9.17, 15) is 4.79 Å². The summed E-state index contributed by atoms with van der Waals surface area (Å²) in [6.07, 6.45) is 0.901. The van der Waals surface area contributed by atoms with E-state index in [0.29, 0.717) is 29.6 Å². The number of ether oxygens (including phenoxy) is 2. The molecule has 0 saturated carbocycles. The lowest BCUT2D eigenvalue weighted by molar-refractivity contribution is 0.247. The highest BCUT2D eigenvalue weighted by Gasteiger charge is 2.08. The van der Waals surface area contributed by atoms with Crippen LogP contribution in [0.1, 0.15) is 12.5 Å². The van der Waals surface area contributed by atoms with Crippen LogP contribution in [0.5, 0.6) is 11.5 Å². The molecule has 0 saturated heterocycles. The highest BCUT2D eigenvalue weighted by atomic mass is 35.5. The van der Waals surface area contributed by atoms with Gasteiger partial charge in [-0.15, -0.1) is 0 Å². The molecule has 2 aromatic rings. The first-order chi connectivity index (χ1) is 11.6. The first-order valence-corrected chi connectivity index (χ1v) is 8.11. The smallest absolute Gasteiger partial charge is 0.319 e. The lowest BCUT2D eigenvalue weighted by Gasteiger charge is -2.13. The maximum Gasteiger partial charge on any atom is 0.319 e. The fraction of sp³-hybridized carbons (Fsp3) is 0.278. The van der Waals surface area contributed by atoms with Crippen LogP contribution in [0, 0.1) is 0 Å². The summed E-state index contributed by atoms with van der Waals surface area (Å²) in [6.45, 7) is 2.84. The van der Waals surface area contributed by atoms with Gasteiger partial charge in [0.1, 0.15) is 18.1 Å². The Morgan fingerprint density at radius 2 is 1.96 bits per heavy atom. The largest absolute Gasteiger partial charge is 0.495 e. The van der Waals surface area contributed by atoms with E-state index in [0.717, 1.165) is 17.7 Å².